The summed E-state index contributed by atoms with van der Waals surface area (Å²) in [5.74, 6) is 0. The number of nitrogens with two attached hydrogens (primary N) is 1. The minimum absolute atomic E-state index is 0.773. The Balaban J connectivity index is 2.13. The summed E-state index contributed by atoms with van der Waals surface area (Å²) in [5.41, 5.74) is 7.14. The van der Waals surface area contributed by atoms with Gasteiger partial charge in [-0.2, -0.15) is 0 Å². The highest BCUT2D eigenvalue weighted by atomic mass is 15.1. The number of hydrogen-bond acceptors (Lipinski definition) is 2. The number of allylic oxidation sites excluding steroid dienone is 1. The molecular weight excluding hydrogens is 160 g/mol. The molecule has 0 amide bonds. The first-order valence-electron chi connectivity index (χ1n) is 5.39. The minimum atomic E-state index is 0.773. The first-order chi connectivity index (χ1) is 6.33. The van der Waals surface area contributed by atoms with Crippen LogP contribution in [0.5, 0.6) is 0 Å². The third-order valence-electron chi connectivity index (χ3n) is 2.71. The van der Waals surface area contributed by atoms with E-state index in [0.29, 0.717) is 0 Å². The van der Waals surface area contributed by atoms with E-state index in [1.54, 1.807) is 5.57 Å². The summed E-state index contributed by atoms with van der Waals surface area (Å²) in [7, 11) is 2.15. The van der Waals surface area contributed by atoms with Gasteiger partial charge in [0.25, 0.3) is 0 Å². The van der Waals surface area contributed by atoms with Crippen molar-refractivity contribution in [3.8, 4) is 0 Å². The van der Waals surface area contributed by atoms with Gasteiger partial charge in [-0.05, 0) is 39.2 Å². The van der Waals surface area contributed by atoms with E-state index in [9.17, 15) is 0 Å². The summed E-state index contributed by atoms with van der Waals surface area (Å²) < 4.78 is 0. The van der Waals surface area contributed by atoms with E-state index in [1.807, 2.05) is 0 Å². The Morgan fingerprint density at radius 3 is 2.85 bits per heavy atom. The van der Waals surface area contributed by atoms with Gasteiger partial charge in [0.15, 0.2) is 0 Å². The zero-order valence-electron chi connectivity index (χ0n) is 8.76. The smallest absolute Gasteiger partial charge is 0.0102 e. The number of nitrogens with zero attached hydrogens (tertiary/aromatic N) is 1. The van der Waals surface area contributed by atoms with Crippen molar-refractivity contribution in [2.45, 2.75) is 32.1 Å². The maximum Gasteiger partial charge on any atom is 0.0102 e. The average Bonchev–Trinajstić information content (AvgIpc) is 2.17. The van der Waals surface area contributed by atoms with Gasteiger partial charge in [-0.25, -0.2) is 0 Å². The first-order valence-corrected chi connectivity index (χ1v) is 5.39. The fourth-order valence-electron chi connectivity index (χ4n) is 1.80. The van der Waals surface area contributed by atoms with Gasteiger partial charge in [0.2, 0.25) is 0 Å². The molecule has 2 nitrogen and oxygen atoms in total. The maximum atomic E-state index is 5.48. The molecule has 0 saturated heterocycles. The second-order valence-corrected chi connectivity index (χ2v) is 3.95. The standard InChI is InChI=1S/C11H22N2/c1-13(10-8-12)9-7-11-5-3-2-4-6-11/h5H,2-4,6-10,12H2,1H3. The third kappa shape index (κ3) is 4.44. The van der Waals surface area contributed by atoms with E-state index in [0.717, 1.165) is 13.1 Å². The summed E-state index contributed by atoms with van der Waals surface area (Å²) in [6.45, 7) is 2.96. The van der Waals surface area contributed by atoms with Crippen LogP contribution in [-0.2, 0) is 0 Å². The van der Waals surface area contributed by atoms with Crippen molar-refractivity contribution in [2.24, 2.45) is 5.73 Å². The molecule has 2 heteroatoms. The van der Waals surface area contributed by atoms with Gasteiger partial charge in [0, 0.05) is 19.6 Å². The van der Waals surface area contributed by atoms with Crippen LogP contribution in [0.4, 0.5) is 0 Å². The Morgan fingerprint density at radius 2 is 2.23 bits per heavy atom. The molecule has 0 fully saturated rings. The van der Waals surface area contributed by atoms with E-state index < -0.39 is 0 Å². The van der Waals surface area contributed by atoms with Gasteiger partial charge in [-0.1, -0.05) is 11.6 Å². The molecule has 0 aromatic rings. The highest BCUT2D eigenvalue weighted by Crippen LogP contribution is 2.19. The molecule has 0 radical (unpaired) electrons. The topological polar surface area (TPSA) is 29.3 Å². The summed E-state index contributed by atoms with van der Waals surface area (Å²) in [4.78, 5) is 2.31. The Hall–Kier alpha value is -0.340. The van der Waals surface area contributed by atoms with Gasteiger partial charge in [-0.3, -0.25) is 0 Å². The molecule has 0 unspecified atom stereocenters. The summed E-state index contributed by atoms with van der Waals surface area (Å²) in [6.07, 6.45) is 9.09. The highest BCUT2D eigenvalue weighted by Gasteiger charge is 2.04. The van der Waals surface area contributed by atoms with Crippen molar-refractivity contribution in [2.75, 3.05) is 26.7 Å². The lowest BCUT2D eigenvalue weighted by Gasteiger charge is -2.18. The van der Waals surface area contributed by atoms with Crippen LogP contribution in [0.2, 0.25) is 0 Å². The third-order valence-corrected chi connectivity index (χ3v) is 2.71. The van der Waals surface area contributed by atoms with E-state index in [2.05, 4.69) is 18.0 Å². The molecule has 0 bridgehead atoms. The van der Waals surface area contributed by atoms with Crippen LogP contribution in [0.3, 0.4) is 0 Å². The predicted octanol–water partition coefficient (Wildman–Crippen LogP) is 1.77. The minimum Gasteiger partial charge on any atom is -0.329 e. The van der Waals surface area contributed by atoms with E-state index in [1.165, 1.54) is 38.6 Å². The van der Waals surface area contributed by atoms with Crippen LogP contribution in [0.15, 0.2) is 11.6 Å². The van der Waals surface area contributed by atoms with Crippen molar-refractivity contribution in [3.05, 3.63) is 11.6 Å². The van der Waals surface area contributed by atoms with Gasteiger partial charge < -0.3 is 10.6 Å². The fraction of sp³-hybridized carbons (Fsp3) is 0.818. The molecule has 0 atom stereocenters. The summed E-state index contributed by atoms with van der Waals surface area (Å²) >= 11 is 0. The van der Waals surface area contributed by atoms with Gasteiger partial charge in [0.1, 0.15) is 0 Å². The van der Waals surface area contributed by atoms with Gasteiger partial charge in [-0.15, -0.1) is 0 Å². The maximum absolute atomic E-state index is 5.48. The Bertz CT molecular complexity index is 163. The lowest BCUT2D eigenvalue weighted by atomic mass is 9.97. The van der Waals surface area contributed by atoms with Crippen LogP contribution in [0, 0.1) is 0 Å². The summed E-state index contributed by atoms with van der Waals surface area (Å²) in [6, 6.07) is 0. The van der Waals surface area contributed by atoms with Crippen LogP contribution in [0.25, 0.3) is 0 Å². The molecule has 0 aromatic carbocycles. The molecule has 2 N–H and O–H groups in total. The molecule has 1 aliphatic rings. The van der Waals surface area contributed by atoms with Crippen LogP contribution >= 0.6 is 0 Å². The molecule has 76 valence electrons. The molecule has 0 heterocycles. The lowest BCUT2D eigenvalue weighted by Crippen LogP contribution is -2.26. The Labute approximate surface area is 81.8 Å². The van der Waals surface area contributed by atoms with E-state index in [4.69, 9.17) is 5.73 Å². The highest BCUT2D eigenvalue weighted by molar-refractivity contribution is 5.05. The monoisotopic (exact) mass is 182 g/mol. The molecule has 1 rings (SSSR count). The summed E-state index contributed by atoms with van der Waals surface area (Å²) in [5, 5.41) is 0. The molecule has 13 heavy (non-hydrogen) atoms. The lowest BCUT2D eigenvalue weighted by molar-refractivity contribution is 0.345. The molecular formula is C11H22N2. The fourth-order valence-corrected chi connectivity index (χ4v) is 1.80. The second-order valence-electron chi connectivity index (χ2n) is 3.95. The van der Waals surface area contributed by atoms with Crippen molar-refractivity contribution < 1.29 is 0 Å². The zero-order chi connectivity index (χ0) is 9.52. The van der Waals surface area contributed by atoms with Crippen LogP contribution in [0.1, 0.15) is 32.1 Å². The van der Waals surface area contributed by atoms with E-state index in [-0.39, 0.29) is 0 Å². The molecule has 0 saturated carbocycles. The second kappa shape index (κ2) is 6.17. The molecule has 0 aromatic heterocycles. The zero-order valence-corrected chi connectivity index (χ0v) is 8.76. The molecule has 1 aliphatic carbocycles. The van der Waals surface area contributed by atoms with Crippen molar-refractivity contribution >= 4 is 0 Å². The number of rotatable bonds is 5. The van der Waals surface area contributed by atoms with E-state index >= 15 is 0 Å². The first kappa shape index (κ1) is 10.7. The normalized spacial score (nSPS) is 17.6. The van der Waals surface area contributed by atoms with Crippen LogP contribution in [-0.4, -0.2) is 31.6 Å². The molecule has 0 spiro atoms. The quantitative estimate of drug-likeness (QED) is 0.657. The molecule has 0 aliphatic heterocycles. The predicted molar refractivity (Wildman–Crippen MR) is 57.7 cm³/mol. The Morgan fingerprint density at radius 1 is 1.38 bits per heavy atom. The van der Waals surface area contributed by atoms with Gasteiger partial charge >= 0.3 is 0 Å². The average molecular weight is 182 g/mol. The Kier molecular flexibility index (Phi) is 5.09. The van der Waals surface area contributed by atoms with Gasteiger partial charge in [0.05, 0.1) is 0 Å². The van der Waals surface area contributed by atoms with Crippen molar-refractivity contribution in [3.63, 3.8) is 0 Å². The van der Waals surface area contributed by atoms with Crippen molar-refractivity contribution in [1.29, 1.82) is 0 Å². The van der Waals surface area contributed by atoms with Crippen LogP contribution < -0.4 is 5.73 Å². The SMILES string of the molecule is CN(CCN)CCC1=CCCCC1. The van der Waals surface area contributed by atoms with Crippen molar-refractivity contribution in [1.82, 2.24) is 4.90 Å². The number of hydrogen-bond donors (Lipinski definition) is 1. The largest absolute Gasteiger partial charge is 0.329 e. The number of likely N-dealkylation sites (N-methyl/N-ethyl adjacent to an activating group) is 1.